The number of nitrogens with zero attached hydrogens (tertiary/aromatic N) is 2. The highest BCUT2D eigenvalue weighted by atomic mass is 32.2. The van der Waals surface area contributed by atoms with Gasteiger partial charge in [0.2, 0.25) is 0 Å². The van der Waals surface area contributed by atoms with Crippen molar-refractivity contribution in [2.75, 3.05) is 26.4 Å². The summed E-state index contributed by atoms with van der Waals surface area (Å²) in [4.78, 5) is 18.5. The standard InChI is InChI=1S/C20H32N4OS/c1-5-24(6-2)19(25)16-9-7-15(8-10-16)14-22-20(21-3)23-17-11-12-18(13-17)26-4/h7-10,17-18H,5-6,11-14H2,1-4H3,(H2,21,22,23). The Labute approximate surface area is 162 Å². The van der Waals surface area contributed by atoms with E-state index in [4.69, 9.17) is 0 Å². The third-order valence-electron chi connectivity index (χ3n) is 4.99. The van der Waals surface area contributed by atoms with Gasteiger partial charge in [0.15, 0.2) is 5.96 Å². The zero-order valence-corrected chi connectivity index (χ0v) is 17.2. The van der Waals surface area contributed by atoms with Crippen LogP contribution in [0.5, 0.6) is 0 Å². The molecule has 1 aromatic carbocycles. The summed E-state index contributed by atoms with van der Waals surface area (Å²) in [5.74, 6) is 0.941. The van der Waals surface area contributed by atoms with Crippen molar-refractivity contribution in [2.45, 2.75) is 50.9 Å². The van der Waals surface area contributed by atoms with Crippen molar-refractivity contribution >= 4 is 23.6 Å². The van der Waals surface area contributed by atoms with Gasteiger partial charge in [0.1, 0.15) is 0 Å². The van der Waals surface area contributed by atoms with Crippen molar-refractivity contribution in [2.24, 2.45) is 4.99 Å². The van der Waals surface area contributed by atoms with E-state index in [1.165, 1.54) is 19.3 Å². The van der Waals surface area contributed by atoms with Gasteiger partial charge in [-0.05, 0) is 57.1 Å². The van der Waals surface area contributed by atoms with E-state index in [1.54, 1.807) is 0 Å². The van der Waals surface area contributed by atoms with Crippen LogP contribution < -0.4 is 10.6 Å². The smallest absolute Gasteiger partial charge is 0.253 e. The Balaban J connectivity index is 1.85. The van der Waals surface area contributed by atoms with Crippen molar-refractivity contribution in [3.05, 3.63) is 35.4 Å². The van der Waals surface area contributed by atoms with Gasteiger partial charge in [-0.1, -0.05) is 12.1 Å². The first-order valence-electron chi connectivity index (χ1n) is 9.49. The summed E-state index contributed by atoms with van der Waals surface area (Å²) in [6.45, 7) is 6.17. The van der Waals surface area contributed by atoms with E-state index in [9.17, 15) is 4.79 Å². The Morgan fingerprint density at radius 3 is 2.46 bits per heavy atom. The highest BCUT2D eigenvalue weighted by Gasteiger charge is 2.24. The van der Waals surface area contributed by atoms with Gasteiger partial charge in [-0.3, -0.25) is 9.79 Å². The summed E-state index contributed by atoms with van der Waals surface area (Å²) < 4.78 is 0. The van der Waals surface area contributed by atoms with Gasteiger partial charge < -0.3 is 15.5 Å². The first-order chi connectivity index (χ1) is 12.6. The number of aliphatic imine (C=N–C) groups is 1. The molecule has 1 fully saturated rings. The topological polar surface area (TPSA) is 56.7 Å². The van der Waals surface area contributed by atoms with E-state index in [1.807, 2.05) is 61.8 Å². The molecule has 0 aliphatic heterocycles. The van der Waals surface area contributed by atoms with Crippen molar-refractivity contribution in [1.29, 1.82) is 0 Å². The van der Waals surface area contributed by atoms with Crippen LogP contribution in [0.3, 0.4) is 0 Å². The number of carbonyl (C=O) groups is 1. The fraction of sp³-hybridized carbons (Fsp3) is 0.600. The highest BCUT2D eigenvalue weighted by Crippen LogP contribution is 2.28. The minimum atomic E-state index is 0.0940. The Kier molecular flexibility index (Phi) is 8.29. The molecular formula is C20H32N4OS. The molecule has 1 amide bonds. The van der Waals surface area contributed by atoms with Gasteiger partial charge >= 0.3 is 0 Å². The van der Waals surface area contributed by atoms with Gasteiger partial charge in [0.25, 0.3) is 5.91 Å². The number of rotatable bonds is 7. The number of hydrogen-bond acceptors (Lipinski definition) is 3. The van der Waals surface area contributed by atoms with Crippen LogP contribution in [0.2, 0.25) is 0 Å². The van der Waals surface area contributed by atoms with E-state index in [0.29, 0.717) is 12.6 Å². The number of benzene rings is 1. The molecule has 0 heterocycles. The van der Waals surface area contributed by atoms with Gasteiger partial charge in [-0.15, -0.1) is 0 Å². The van der Waals surface area contributed by atoms with Crippen molar-refractivity contribution in [3.63, 3.8) is 0 Å². The van der Waals surface area contributed by atoms with E-state index in [2.05, 4.69) is 21.9 Å². The summed E-state index contributed by atoms with van der Waals surface area (Å²) in [5.41, 5.74) is 1.88. The number of guanidine groups is 1. The molecule has 0 spiro atoms. The average Bonchev–Trinajstić information content (AvgIpc) is 3.14. The van der Waals surface area contributed by atoms with Crippen molar-refractivity contribution < 1.29 is 4.79 Å². The minimum Gasteiger partial charge on any atom is -0.354 e. The molecule has 2 N–H and O–H groups in total. The Bertz CT molecular complexity index is 598. The predicted octanol–water partition coefficient (Wildman–Crippen LogP) is 3.12. The van der Waals surface area contributed by atoms with Gasteiger partial charge in [0.05, 0.1) is 0 Å². The van der Waals surface area contributed by atoms with Crippen LogP contribution in [0.15, 0.2) is 29.3 Å². The molecule has 0 aromatic heterocycles. The SMILES string of the molecule is CCN(CC)C(=O)c1ccc(CNC(=NC)NC2CCC(SC)C2)cc1. The van der Waals surface area contributed by atoms with Crippen LogP contribution >= 0.6 is 11.8 Å². The quantitative estimate of drug-likeness (QED) is 0.567. The second kappa shape index (κ2) is 10.5. The van der Waals surface area contributed by atoms with Crippen LogP contribution in [0, 0.1) is 0 Å². The lowest BCUT2D eigenvalue weighted by Crippen LogP contribution is -2.42. The second-order valence-electron chi connectivity index (χ2n) is 6.61. The molecule has 1 saturated carbocycles. The largest absolute Gasteiger partial charge is 0.354 e. The molecule has 0 bridgehead atoms. The lowest BCUT2D eigenvalue weighted by atomic mass is 10.1. The number of hydrogen-bond donors (Lipinski definition) is 2. The molecule has 6 heteroatoms. The van der Waals surface area contributed by atoms with Gasteiger partial charge in [-0.25, -0.2) is 0 Å². The first-order valence-corrected chi connectivity index (χ1v) is 10.8. The molecule has 0 saturated heterocycles. The van der Waals surface area contributed by atoms with Crippen LogP contribution in [0.1, 0.15) is 49.0 Å². The lowest BCUT2D eigenvalue weighted by Gasteiger charge is -2.19. The van der Waals surface area contributed by atoms with Crippen molar-refractivity contribution in [3.8, 4) is 0 Å². The molecule has 5 nitrogen and oxygen atoms in total. The number of carbonyl (C=O) groups excluding carboxylic acids is 1. The molecule has 2 unspecified atom stereocenters. The molecule has 26 heavy (non-hydrogen) atoms. The molecule has 1 aliphatic rings. The van der Waals surface area contributed by atoms with E-state index in [-0.39, 0.29) is 5.91 Å². The zero-order chi connectivity index (χ0) is 18.9. The number of amides is 1. The third kappa shape index (κ3) is 5.66. The fourth-order valence-electron chi connectivity index (χ4n) is 3.32. The fourth-order valence-corrected chi connectivity index (χ4v) is 4.11. The molecule has 1 aliphatic carbocycles. The summed E-state index contributed by atoms with van der Waals surface area (Å²) in [6, 6.07) is 8.35. The maximum absolute atomic E-state index is 12.4. The average molecular weight is 377 g/mol. The van der Waals surface area contributed by atoms with Crippen LogP contribution in [0.25, 0.3) is 0 Å². The number of nitrogens with one attached hydrogen (secondary N) is 2. The molecule has 144 valence electrons. The van der Waals surface area contributed by atoms with Crippen LogP contribution in [0.4, 0.5) is 0 Å². The molecule has 1 aromatic rings. The maximum Gasteiger partial charge on any atom is 0.253 e. The monoisotopic (exact) mass is 376 g/mol. The van der Waals surface area contributed by atoms with E-state index < -0.39 is 0 Å². The first kappa shape index (κ1) is 20.6. The highest BCUT2D eigenvalue weighted by molar-refractivity contribution is 7.99. The predicted molar refractivity (Wildman–Crippen MR) is 112 cm³/mol. The molecule has 0 radical (unpaired) electrons. The summed E-state index contributed by atoms with van der Waals surface area (Å²) in [6.07, 6.45) is 5.87. The van der Waals surface area contributed by atoms with Gasteiger partial charge in [-0.2, -0.15) is 11.8 Å². The van der Waals surface area contributed by atoms with E-state index in [0.717, 1.165) is 35.4 Å². The zero-order valence-electron chi connectivity index (χ0n) is 16.4. The van der Waals surface area contributed by atoms with Gasteiger partial charge in [0, 0.05) is 43.5 Å². The Morgan fingerprint density at radius 1 is 1.23 bits per heavy atom. The minimum absolute atomic E-state index is 0.0940. The Hall–Kier alpha value is -1.69. The van der Waals surface area contributed by atoms with Crippen LogP contribution in [-0.4, -0.2) is 54.5 Å². The normalized spacial score (nSPS) is 20.1. The molecular weight excluding hydrogens is 344 g/mol. The summed E-state index contributed by atoms with van der Waals surface area (Å²) >= 11 is 1.96. The molecule has 2 atom stereocenters. The second-order valence-corrected chi connectivity index (χ2v) is 7.75. The summed E-state index contributed by atoms with van der Waals surface area (Å²) in [7, 11) is 1.81. The summed E-state index contributed by atoms with van der Waals surface area (Å²) in [5, 5.41) is 7.67. The third-order valence-corrected chi connectivity index (χ3v) is 6.09. The van der Waals surface area contributed by atoms with Crippen LogP contribution in [-0.2, 0) is 6.54 Å². The van der Waals surface area contributed by atoms with E-state index >= 15 is 0 Å². The Morgan fingerprint density at radius 2 is 1.92 bits per heavy atom. The van der Waals surface area contributed by atoms with Crippen molar-refractivity contribution in [1.82, 2.24) is 15.5 Å². The maximum atomic E-state index is 12.4. The molecule has 2 rings (SSSR count). The lowest BCUT2D eigenvalue weighted by molar-refractivity contribution is 0.0773. The number of thioether (sulfide) groups is 1.